The number of ether oxygens (including phenoxy) is 2. The molecule has 0 amide bonds. The number of hydrogen-bond acceptors (Lipinski definition) is 3. The average Bonchev–Trinajstić information content (AvgIpc) is 2.57. The van der Waals surface area contributed by atoms with Crippen molar-refractivity contribution in [1.82, 2.24) is 0 Å². The molecule has 1 aliphatic heterocycles. The first-order valence-corrected chi connectivity index (χ1v) is 5.13. The zero-order valence-electron chi connectivity index (χ0n) is 8.66. The summed E-state index contributed by atoms with van der Waals surface area (Å²) >= 11 is 0. The molecule has 3 nitrogen and oxygen atoms in total. The van der Waals surface area contributed by atoms with Gasteiger partial charge in [-0.05, 0) is 12.3 Å². The first-order valence-electron chi connectivity index (χ1n) is 5.13. The van der Waals surface area contributed by atoms with Crippen LogP contribution < -0.4 is 5.73 Å². The third-order valence-electron chi connectivity index (χ3n) is 2.55. The van der Waals surface area contributed by atoms with Crippen molar-refractivity contribution in [2.45, 2.75) is 26.4 Å². The Morgan fingerprint density at radius 1 is 1.54 bits per heavy atom. The van der Waals surface area contributed by atoms with Crippen LogP contribution in [0.25, 0.3) is 0 Å². The Morgan fingerprint density at radius 2 is 2.31 bits per heavy atom. The third kappa shape index (κ3) is 3.63. The Morgan fingerprint density at radius 3 is 2.77 bits per heavy atom. The molecule has 0 aliphatic carbocycles. The van der Waals surface area contributed by atoms with Crippen LogP contribution in [0.2, 0.25) is 0 Å². The summed E-state index contributed by atoms with van der Waals surface area (Å²) in [5, 5.41) is 0. The normalized spacial score (nSPS) is 25.4. The van der Waals surface area contributed by atoms with Gasteiger partial charge in [-0.15, -0.1) is 0 Å². The van der Waals surface area contributed by atoms with E-state index in [-0.39, 0.29) is 6.10 Å². The molecule has 0 aromatic rings. The fraction of sp³-hybridized carbons (Fsp3) is 1.00. The van der Waals surface area contributed by atoms with Crippen molar-refractivity contribution >= 4 is 0 Å². The summed E-state index contributed by atoms with van der Waals surface area (Å²) < 4.78 is 11.0. The highest BCUT2D eigenvalue weighted by Crippen LogP contribution is 2.14. The maximum absolute atomic E-state index is 5.73. The first-order chi connectivity index (χ1) is 6.24. The van der Waals surface area contributed by atoms with E-state index >= 15 is 0 Å². The van der Waals surface area contributed by atoms with E-state index < -0.39 is 0 Å². The van der Waals surface area contributed by atoms with Gasteiger partial charge < -0.3 is 15.2 Å². The van der Waals surface area contributed by atoms with E-state index in [9.17, 15) is 0 Å². The molecule has 0 aromatic heterocycles. The second-order valence-corrected chi connectivity index (χ2v) is 4.08. The van der Waals surface area contributed by atoms with Crippen molar-refractivity contribution in [2.75, 3.05) is 26.4 Å². The summed E-state index contributed by atoms with van der Waals surface area (Å²) in [4.78, 5) is 0. The van der Waals surface area contributed by atoms with Gasteiger partial charge in [-0.2, -0.15) is 0 Å². The standard InChI is InChI=1S/C10H21NO2/c1-8(2)10(5-11)13-7-9-3-4-12-6-9/h8-10H,3-7,11H2,1-2H3. The summed E-state index contributed by atoms with van der Waals surface area (Å²) in [6.07, 6.45) is 1.34. The van der Waals surface area contributed by atoms with Crippen molar-refractivity contribution in [3.63, 3.8) is 0 Å². The Kier molecular flexibility index (Phi) is 4.70. The molecule has 78 valence electrons. The number of rotatable bonds is 5. The molecule has 3 heteroatoms. The summed E-state index contributed by atoms with van der Waals surface area (Å²) in [5.41, 5.74) is 5.60. The molecule has 2 atom stereocenters. The minimum absolute atomic E-state index is 0.209. The van der Waals surface area contributed by atoms with E-state index in [4.69, 9.17) is 15.2 Å². The highest BCUT2D eigenvalue weighted by Gasteiger charge is 2.19. The Hall–Kier alpha value is -0.120. The highest BCUT2D eigenvalue weighted by molar-refractivity contribution is 4.67. The summed E-state index contributed by atoms with van der Waals surface area (Å²) in [6.45, 7) is 7.45. The lowest BCUT2D eigenvalue weighted by Crippen LogP contribution is -2.31. The molecule has 1 fully saturated rings. The number of hydrogen-bond donors (Lipinski definition) is 1. The Balaban J connectivity index is 2.15. The van der Waals surface area contributed by atoms with Crippen molar-refractivity contribution in [3.8, 4) is 0 Å². The van der Waals surface area contributed by atoms with Crippen LogP contribution >= 0.6 is 0 Å². The predicted octanol–water partition coefficient (Wildman–Crippen LogP) is 1.02. The minimum Gasteiger partial charge on any atom is -0.381 e. The van der Waals surface area contributed by atoms with Crippen LogP contribution in [0, 0.1) is 11.8 Å². The zero-order chi connectivity index (χ0) is 9.68. The van der Waals surface area contributed by atoms with Crippen LogP contribution in [-0.2, 0) is 9.47 Å². The van der Waals surface area contributed by atoms with Crippen LogP contribution in [0.15, 0.2) is 0 Å². The largest absolute Gasteiger partial charge is 0.381 e. The zero-order valence-corrected chi connectivity index (χ0v) is 8.66. The molecule has 0 saturated carbocycles. The first kappa shape index (κ1) is 11.0. The topological polar surface area (TPSA) is 44.5 Å². The lowest BCUT2D eigenvalue weighted by Gasteiger charge is -2.21. The lowest BCUT2D eigenvalue weighted by molar-refractivity contribution is 0.00587. The second-order valence-electron chi connectivity index (χ2n) is 4.08. The van der Waals surface area contributed by atoms with E-state index in [1.165, 1.54) is 0 Å². The van der Waals surface area contributed by atoms with Gasteiger partial charge in [0, 0.05) is 19.1 Å². The van der Waals surface area contributed by atoms with Crippen LogP contribution in [0.1, 0.15) is 20.3 Å². The van der Waals surface area contributed by atoms with Gasteiger partial charge in [-0.1, -0.05) is 13.8 Å². The molecular weight excluding hydrogens is 166 g/mol. The van der Waals surface area contributed by atoms with Crippen molar-refractivity contribution in [3.05, 3.63) is 0 Å². The Labute approximate surface area is 80.6 Å². The van der Waals surface area contributed by atoms with Crippen LogP contribution in [0.3, 0.4) is 0 Å². The van der Waals surface area contributed by atoms with Gasteiger partial charge in [0.15, 0.2) is 0 Å². The maximum Gasteiger partial charge on any atom is 0.0720 e. The molecule has 2 unspecified atom stereocenters. The van der Waals surface area contributed by atoms with E-state index in [1.807, 2.05) is 0 Å². The molecule has 1 saturated heterocycles. The maximum atomic E-state index is 5.73. The fourth-order valence-electron chi connectivity index (χ4n) is 1.51. The summed E-state index contributed by atoms with van der Waals surface area (Å²) in [6, 6.07) is 0. The van der Waals surface area contributed by atoms with Crippen LogP contribution in [-0.4, -0.2) is 32.5 Å². The van der Waals surface area contributed by atoms with Crippen molar-refractivity contribution in [2.24, 2.45) is 17.6 Å². The minimum atomic E-state index is 0.209. The van der Waals surface area contributed by atoms with Gasteiger partial charge in [0.1, 0.15) is 0 Å². The third-order valence-corrected chi connectivity index (χ3v) is 2.55. The molecular formula is C10H21NO2. The second kappa shape index (κ2) is 5.58. The molecule has 0 spiro atoms. The van der Waals surface area contributed by atoms with Crippen LogP contribution in [0.4, 0.5) is 0 Å². The molecule has 13 heavy (non-hydrogen) atoms. The van der Waals surface area contributed by atoms with Gasteiger partial charge >= 0.3 is 0 Å². The highest BCUT2D eigenvalue weighted by atomic mass is 16.5. The van der Waals surface area contributed by atoms with Gasteiger partial charge in [0.05, 0.1) is 19.3 Å². The monoisotopic (exact) mass is 187 g/mol. The summed E-state index contributed by atoms with van der Waals surface area (Å²) in [7, 11) is 0. The van der Waals surface area contributed by atoms with Gasteiger partial charge in [-0.25, -0.2) is 0 Å². The average molecular weight is 187 g/mol. The molecule has 1 rings (SSSR count). The molecule has 1 heterocycles. The van der Waals surface area contributed by atoms with Gasteiger partial charge in [0.25, 0.3) is 0 Å². The lowest BCUT2D eigenvalue weighted by atomic mass is 10.1. The summed E-state index contributed by atoms with van der Waals surface area (Å²) in [5.74, 6) is 1.10. The van der Waals surface area contributed by atoms with E-state index in [0.29, 0.717) is 18.4 Å². The predicted molar refractivity (Wildman–Crippen MR) is 52.6 cm³/mol. The molecule has 0 aromatic carbocycles. The molecule has 0 bridgehead atoms. The molecule has 0 radical (unpaired) electrons. The SMILES string of the molecule is CC(C)C(CN)OCC1CCOC1. The van der Waals surface area contributed by atoms with Gasteiger partial charge in [0.2, 0.25) is 0 Å². The quantitative estimate of drug-likeness (QED) is 0.699. The van der Waals surface area contributed by atoms with E-state index in [0.717, 1.165) is 26.2 Å². The number of nitrogens with two attached hydrogens (primary N) is 1. The van der Waals surface area contributed by atoms with E-state index in [2.05, 4.69) is 13.8 Å². The van der Waals surface area contributed by atoms with Crippen molar-refractivity contribution < 1.29 is 9.47 Å². The van der Waals surface area contributed by atoms with Crippen LogP contribution in [0.5, 0.6) is 0 Å². The smallest absolute Gasteiger partial charge is 0.0720 e. The fourth-order valence-corrected chi connectivity index (χ4v) is 1.51. The molecule has 2 N–H and O–H groups in total. The van der Waals surface area contributed by atoms with E-state index in [1.54, 1.807) is 0 Å². The van der Waals surface area contributed by atoms with Crippen molar-refractivity contribution in [1.29, 1.82) is 0 Å². The Bertz CT molecular complexity index is 133. The van der Waals surface area contributed by atoms with Gasteiger partial charge in [-0.3, -0.25) is 0 Å². The molecule has 1 aliphatic rings.